The first-order valence-electron chi connectivity index (χ1n) is 8.45. The van der Waals surface area contributed by atoms with Gasteiger partial charge in [-0.15, -0.1) is 10.2 Å². The van der Waals surface area contributed by atoms with Crippen LogP contribution >= 0.6 is 0 Å². The summed E-state index contributed by atoms with van der Waals surface area (Å²) < 4.78 is 12.4. The van der Waals surface area contributed by atoms with Gasteiger partial charge in [0.05, 0.1) is 0 Å². The number of ether oxygens (including phenoxy) is 1. The number of imidazole rings is 1. The molecule has 1 amide bonds. The van der Waals surface area contributed by atoms with Crippen LogP contribution in [0.25, 0.3) is 5.82 Å². The Kier molecular flexibility index (Phi) is 4.55. The molecule has 3 heterocycles. The Hall–Kier alpha value is -4.01. The quantitative estimate of drug-likeness (QED) is 0.569. The van der Waals surface area contributed by atoms with Gasteiger partial charge >= 0.3 is 0 Å². The Balaban J connectivity index is 1.40. The molecule has 28 heavy (non-hydrogen) atoms. The molecule has 0 unspecified atom stereocenters. The maximum atomic E-state index is 12.1. The number of rotatable bonds is 5. The van der Waals surface area contributed by atoms with Gasteiger partial charge in [0, 0.05) is 30.2 Å². The van der Waals surface area contributed by atoms with E-state index >= 15 is 0 Å². The Morgan fingerprint density at radius 3 is 2.54 bits per heavy atom. The summed E-state index contributed by atoms with van der Waals surface area (Å²) in [4.78, 5) is 16.2. The van der Waals surface area contributed by atoms with Crippen molar-refractivity contribution in [2.45, 2.75) is 13.8 Å². The molecule has 0 aliphatic heterocycles. The van der Waals surface area contributed by atoms with Gasteiger partial charge in [-0.05, 0) is 44.2 Å². The van der Waals surface area contributed by atoms with Crippen molar-refractivity contribution in [3.8, 4) is 17.4 Å². The van der Waals surface area contributed by atoms with E-state index in [0.29, 0.717) is 28.9 Å². The molecular weight excluding hydrogens is 360 g/mol. The summed E-state index contributed by atoms with van der Waals surface area (Å²) in [5.74, 6) is 2.63. The molecular formula is C19H16N6O3. The van der Waals surface area contributed by atoms with Crippen molar-refractivity contribution in [3.05, 3.63) is 72.1 Å². The highest BCUT2D eigenvalue weighted by Crippen LogP contribution is 2.22. The minimum Gasteiger partial charge on any atom is -0.438 e. The fourth-order valence-corrected chi connectivity index (χ4v) is 2.51. The number of hydrogen-bond donors (Lipinski definition) is 1. The molecule has 0 fully saturated rings. The molecule has 9 heteroatoms. The number of aryl methyl sites for hydroxylation is 2. The monoisotopic (exact) mass is 376 g/mol. The first kappa shape index (κ1) is 17.4. The molecule has 0 spiro atoms. The third-order valence-electron chi connectivity index (χ3n) is 3.89. The summed E-state index contributed by atoms with van der Waals surface area (Å²) in [6, 6.07) is 12.0. The summed E-state index contributed by atoms with van der Waals surface area (Å²) in [6.07, 6.45) is 3.51. The van der Waals surface area contributed by atoms with Crippen molar-refractivity contribution in [1.29, 1.82) is 0 Å². The summed E-state index contributed by atoms with van der Waals surface area (Å²) in [5.41, 5.74) is 0.830. The number of hydrogen-bond acceptors (Lipinski definition) is 7. The maximum Gasteiger partial charge on any atom is 0.277 e. The van der Waals surface area contributed by atoms with Crippen LogP contribution in [-0.4, -0.2) is 30.8 Å². The van der Waals surface area contributed by atoms with Crippen LogP contribution in [0.1, 0.15) is 22.1 Å². The van der Waals surface area contributed by atoms with E-state index in [1.165, 1.54) is 0 Å². The van der Waals surface area contributed by atoms with Gasteiger partial charge in [0.2, 0.25) is 5.88 Å². The van der Waals surface area contributed by atoms with Gasteiger partial charge in [-0.2, -0.15) is 0 Å². The lowest BCUT2D eigenvalue weighted by molar-refractivity contribution is 0.101. The van der Waals surface area contributed by atoms with Gasteiger partial charge < -0.3 is 14.6 Å². The highest BCUT2D eigenvalue weighted by atomic mass is 16.5. The number of nitrogens with one attached hydrogen (secondary N) is 1. The summed E-state index contributed by atoms with van der Waals surface area (Å²) >= 11 is 0. The largest absolute Gasteiger partial charge is 0.438 e. The van der Waals surface area contributed by atoms with Crippen molar-refractivity contribution >= 4 is 11.6 Å². The van der Waals surface area contributed by atoms with Crippen LogP contribution in [0, 0.1) is 13.8 Å². The smallest absolute Gasteiger partial charge is 0.277 e. The van der Waals surface area contributed by atoms with Gasteiger partial charge in [0.1, 0.15) is 17.3 Å². The summed E-state index contributed by atoms with van der Waals surface area (Å²) in [7, 11) is 0. The van der Waals surface area contributed by atoms with E-state index in [-0.39, 0.29) is 11.6 Å². The number of anilines is 1. The summed E-state index contributed by atoms with van der Waals surface area (Å²) in [5, 5.41) is 14.6. The van der Waals surface area contributed by atoms with Crippen molar-refractivity contribution < 1.29 is 14.1 Å². The fraction of sp³-hybridized carbons (Fsp3) is 0.105. The standard InChI is InChI=1S/C19H16N6O3/c1-12-11-16(24-28-12)19(26)21-14-3-5-15(6-4-14)27-18-8-7-17(22-23-18)25-10-9-20-13(25)2/h3-11H,1-2H3,(H,21,26). The topological polar surface area (TPSA) is 108 Å². The maximum absolute atomic E-state index is 12.1. The number of aromatic nitrogens is 5. The Morgan fingerprint density at radius 2 is 1.93 bits per heavy atom. The van der Waals surface area contributed by atoms with Crippen LogP contribution in [0.4, 0.5) is 5.69 Å². The lowest BCUT2D eigenvalue weighted by Crippen LogP contribution is -2.11. The van der Waals surface area contributed by atoms with Gasteiger partial charge in [0.25, 0.3) is 5.91 Å². The van der Waals surface area contributed by atoms with Crippen LogP contribution in [0.2, 0.25) is 0 Å². The highest BCUT2D eigenvalue weighted by Gasteiger charge is 2.11. The van der Waals surface area contributed by atoms with E-state index in [2.05, 4.69) is 25.7 Å². The van der Waals surface area contributed by atoms with E-state index in [4.69, 9.17) is 9.26 Å². The zero-order valence-corrected chi connectivity index (χ0v) is 15.2. The van der Waals surface area contributed by atoms with E-state index < -0.39 is 0 Å². The molecule has 1 N–H and O–H groups in total. The van der Waals surface area contributed by atoms with Crippen molar-refractivity contribution in [1.82, 2.24) is 24.9 Å². The first-order valence-corrected chi connectivity index (χ1v) is 8.45. The van der Waals surface area contributed by atoms with Crippen molar-refractivity contribution in [3.63, 3.8) is 0 Å². The average Bonchev–Trinajstić information content (AvgIpc) is 3.32. The molecule has 0 aliphatic rings. The summed E-state index contributed by atoms with van der Waals surface area (Å²) in [6.45, 7) is 3.61. The fourth-order valence-electron chi connectivity index (χ4n) is 2.51. The molecule has 0 saturated carbocycles. The third-order valence-corrected chi connectivity index (χ3v) is 3.89. The second kappa shape index (κ2) is 7.31. The lowest BCUT2D eigenvalue weighted by atomic mass is 10.3. The van der Waals surface area contributed by atoms with Crippen LogP contribution in [0.5, 0.6) is 11.6 Å². The molecule has 3 aromatic heterocycles. The predicted molar refractivity (Wildman–Crippen MR) is 99.6 cm³/mol. The van der Waals surface area contributed by atoms with Gasteiger partial charge in [-0.3, -0.25) is 9.36 Å². The lowest BCUT2D eigenvalue weighted by Gasteiger charge is -2.07. The normalized spacial score (nSPS) is 10.6. The molecule has 0 saturated heterocycles. The van der Waals surface area contributed by atoms with Crippen LogP contribution < -0.4 is 10.1 Å². The van der Waals surface area contributed by atoms with Gasteiger partial charge in [-0.25, -0.2) is 4.98 Å². The third kappa shape index (κ3) is 3.73. The van der Waals surface area contributed by atoms with Crippen LogP contribution in [-0.2, 0) is 0 Å². The highest BCUT2D eigenvalue weighted by molar-refractivity contribution is 6.02. The Labute approximate surface area is 160 Å². The first-order chi connectivity index (χ1) is 13.6. The molecule has 0 atom stereocenters. The zero-order chi connectivity index (χ0) is 19.5. The van der Waals surface area contributed by atoms with Crippen molar-refractivity contribution in [2.24, 2.45) is 0 Å². The number of amides is 1. The van der Waals surface area contributed by atoms with Crippen LogP contribution in [0.3, 0.4) is 0 Å². The average molecular weight is 376 g/mol. The minimum atomic E-state index is -0.346. The molecule has 0 bridgehead atoms. The Morgan fingerprint density at radius 1 is 1.11 bits per heavy atom. The van der Waals surface area contributed by atoms with Gasteiger partial charge in [0.15, 0.2) is 11.5 Å². The van der Waals surface area contributed by atoms with E-state index in [1.807, 2.05) is 17.7 Å². The molecule has 0 radical (unpaired) electrons. The van der Waals surface area contributed by atoms with E-state index in [1.54, 1.807) is 55.6 Å². The molecule has 0 aliphatic carbocycles. The van der Waals surface area contributed by atoms with Gasteiger partial charge in [-0.1, -0.05) is 5.16 Å². The predicted octanol–water partition coefficient (Wildman–Crippen LogP) is 3.31. The molecule has 4 aromatic rings. The van der Waals surface area contributed by atoms with E-state index in [9.17, 15) is 4.79 Å². The zero-order valence-electron chi connectivity index (χ0n) is 15.2. The SMILES string of the molecule is Cc1cc(C(=O)Nc2ccc(Oc3ccc(-n4ccnc4C)nn3)cc2)no1. The van der Waals surface area contributed by atoms with E-state index in [0.717, 1.165) is 5.82 Å². The number of carbonyl (C=O) groups excluding carboxylic acids is 1. The molecule has 9 nitrogen and oxygen atoms in total. The molecule has 140 valence electrons. The van der Waals surface area contributed by atoms with Crippen molar-refractivity contribution in [2.75, 3.05) is 5.32 Å². The number of benzene rings is 1. The Bertz CT molecular complexity index is 1100. The number of carbonyl (C=O) groups is 1. The minimum absolute atomic E-state index is 0.223. The number of nitrogens with zero attached hydrogens (tertiary/aromatic N) is 5. The molecule has 4 rings (SSSR count). The molecule has 1 aromatic carbocycles. The second-order valence-corrected chi connectivity index (χ2v) is 5.98. The second-order valence-electron chi connectivity index (χ2n) is 5.98. The van der Waals surface area contributed by atoms with Crippen LogP contribution in [0.15, 0.2) is 59.4 Å².